The molecule has 0 atom stereocenters. The third-order valence-electron chi connectivity index (χ3n) is 5.05. The molecule has 154 valence electrons. The van der Waals surface area contributed by atoms with Gasteiger partial charge in [-0.2, -0.15) is 0 Å². The highest BCUT2D eigenvalue weighted by atomic mass is 32.2. The van der Waals surface area contributed by atoms with Crippen LogP contribution in [0.1, 0.15) is 11.4 Å². The molecule has 5 aromatic rings. The zero-order valence-corrected chi connectivity index (χ0v) is 18.4. The molecule has 6 nitrogen and oxygen atoms in total. The first-order chi connectivity index (χ1) is 15.2. The summed E-state index contributed by atoms with van der Waals surface area (Å²) in [6, 6.07) is 21.8. The molecule has 0 saturated carbocycles. The second kappa shape index (κ2) is 8.49. The van der Waals surface area contributed by atoms with Crippen molar-refractivity contribution in [1.29, 1.82) is 0 Å². The molecule has 0 amide bonds. The fourth-order valence-electron chi connectivity index (χ4n) is 3.41. The summed E-state index contributed by atoms with van der Waals surface area (Å²) < 4.78 is 3.75. The fourth-order valence-corrected chi connectivity index (χ4v) is 5.05. The number of hydrogen-bond donors (Lipinski definition) is 0. The minimum Gasteiger partial charge on any atom is -0.299 e. The Hall–Kier alpha value is -3.23. The molecule has 0 aliphatic carbocycles. The Morgan fingerprint density at radius 2 is 1.77 bits per heavy atom. The van der Waals surface area contributed by atoms with Crippen molar-refractivity contribution in [2.75, 3.05) is 0 Å². The Morgan fingerprint density at radius 3 is 2.58 bits per heavy atom. The van der Waals surface area contributed by atoms with E-state index in [-0.39, 0.29) is 5.56 Å². The van der Waals surface area contributed by atoms with Crippen LogP contribution in [0.3, 0.4) is 0 Å². The van der Waals surface area contributed by atoms with Gasteiger partial charge in [0.25, 0.3) is 5.56 Å². The van der Waals surface area contributed by atoms with Crippen molar-refractivity contribution in [3.63, 3.8) is 0 Å². The molecule has 0 aliphatic rings. The lowest BCUT2D eigenvalue weighted by atomic mass is 10.2. The minimum absolute atomic E-state index is 0.0359. The molecule has 0 saturated heterocycles. The first-order valence-corrected chi connectivity index (χ1v) is 11.7. The first kappa shape index (κ1) is 19.7. The maximum absolute atomic E-state index is 12.7. The molecule has 0 spiro atoms. The van der Waals surface area contributed by atoms with Crippen molar-refractivity contribution in [3.8, 4) is 10.7 Å². The van der Waals surface area contributed by atoms with Gasteiger partial charge in [0, 0.05) is 7.05 Å². The Labute approximate surface area is 187 Å². The van der Waals surface area contributed by atoms with Crippen LogP contribution in [0.15, 0.2) is 82.1 Å². The lowest BCUT2D eigenvalue weighted by molar-refractivity contribution is 0.713. The Kier molecular flexibility index (Phi) is 5.40. The molecule has 0 fully saturated rings. The van der Waals surface area contributed by atoms with E-state index in [1.165, 1.54) is 5.56 Å². The standard InChI is InChI=1S/C23H19N5OS2/c1-27-20(24-18-11-6-5-10-17(18)22(27)29)15-31-23-26-25-21(19-12-7-13-30-19)28(23)14-16-8-3-2-4-9-16/h2-13H,14-15H2,1H3. The van der Waals surface area contributed by atoms with E-state index < -0.39 is 0 Å². The van der Waals surface area contributed by atoms with Crippen LogP contribution in [0, 0.1) is 0 Å². The Morgan fingerprint density at radius 1 is 0.968 bits per heavy atom. The lowest BCUT2D eigenvalue weighted by Gasteiger charge is -2.11. The smallest absolute Gasteiger partial charge is 0.261 e. The summed E-state index contributed by atoms with van der Waals surface area (Å²) in [5.41, 5.74) is 1.86. The first-order valence-electron chi connectivity index (χ1n) is 9.79. The summed E-state index contributed by atoms with van der Waals surface area (Å²) >= 11 is 3.18. The number of rotatable bonds is 6. The topological polar surface area (TPSA) is 65.6 Å². The quantitative estimate of drug-likeness (QED) is 0.358. The van der Waals surface area contributed by atoms with Crippen LogP contribution in [-0.2, 0) is 19.3 Å². The van der Waals surface area contributed by atoms with Crippen LogP contribution in [-0.4, -0.2) is 24.3 Å². The highest BCUT2D eigenvalue weighted by Crippen LogP contribution is 2.29. The van der Waals surface area contributed by atoms with E-state index in [0.717, 1.165) is 15.9 Å². The molecule has 5 rings (SSSR count). The van der Waals surface area contributed by atoms with Crippen molar-refractivity contribution in [3.05, 3.63) is 93.9 Å². The number of benzene rings is 2. The van der Waals surface area contributed by atoms with Crippen LogP contribution >= 0.6 is 23.1 Å². The number of thioether (sulfide) groups is 1. The summed E-state index contributed by atoms with van der Waals surface area (Å²) in [6.07, 6.45) is 0. The normalized spacial score (nSPS) is 11.3. The van der Waals surface area contributed by atoms with Gasteiger partial charge in [-0.3, -0.25) is 13.9 Å². The maximum Gasteiger partial charge on any atom is 0.261 e. The molecular formula is C23H19N5OS2. The molecule has 0 bridgehead atoms. The van der Waals surface area contributed by atoms with Gasteiger partial charge in [0.05, 0.1) is 28.1 Å². The summed E-state index contributed by atoms with van der Waals surface area (Å²) in [5.74, 6) is 2.08. The van der Waals surface area contributed by atoms with Crippen molar-refractivity contribution >= 4 is 34.0 Å². The molecule has 0 radical (unpaired) electrons. The molecule has 0 aliphatic heterocycles. The number of nitrogens with zero attached hydrogens (tertiary/aromatic N) is 5. The second-order valence-electron chi connectivity index (χ2n) is 7.05. The highest BCUT2D eigenvalue weighted by Gasteiger charge is 2.17. The van der Waals surface area contributed by atoms with E-state index in [9.17, 15) is 4.79 Å². The zero-order chi connectivity index (χ0) is 21.2. The number of hydrogen-bond acceptors (Lipinski definition) is 6. The summed E-state index contributed by atoms with van der Waals surface area (Å²) in [7, 11) is 1.77. The summed E-state index contributed by atoms with van der Waals surface area (Å²) in [5, 5.41) is 12.4. The van der Waals surface area contributed by atoms with E-state index in [2.05, 4.69) is 33.0 Å². The van der Waals surface area contributed by atoms with Gasteiger partial charge in [0.2, 0.25) is 0 Å². The molecule has 0 unspecified atom stereocenters. The van der Waals surface area contributed by atoms with E-state index in [1.807, 2.05) is 53.9 Å². The zero-order valence-electron chi connectivity index (χ0n) is 16.8. The Balaban J connectivity index is 1.49. The fraction of sp³-hybridized carbons (Fsp3) is 0.130. The number of thiophene rings is 1. The van der Waals surface area contributed by atoms with Crippen LogP contribution in [0.2, 0.25) is 0 Å². The van der Waals surface area contributed by atoms with E-state index in [4.69, 9.17) is 4.98 Å². The van der Waals surface area contributed by atoms with Crippen molar-refractivity contribution in [2.45, 2.75) is 17.5 Å². The van der Waals surface area contributed by atoms with Gasteiger partial charge in [0.1, 0.15) is 5.82 Å². The average molecular weight is 446 g/mol. The number of aromatic nitrogens is 5. The average Bonchev–Trinajstić information content (AvgIpc) is 3.46. The number of fused-ring (bicyclic) bond motifs is 1. The van der Waals surface area contributed by atoms with Gasteiger partial charge in [-0.15, -0.1) is 21.5 Å². The largest absolute Gasteiger partial charge is 0.299 e. The second-order valence-corrected chi connectivity index (χ2v) is 8.94. The lowest BCUT2D eigenvalue weighted by Crippen LogP contribution is -2.22. The third-order valence-corrected chi connectivity index (χ3v) is 6.88. The monoisotopic (exact) mass is 445 g/mol. The van der Waals surface area contributed by atoms with Crippen molar-refractivity contribution in [2.24, 2.45) is 7.05 Å². The van der Waals surface area contributed by atoms with Gasteiger partial charge in [-0.25, -0.2) is 4.98 Å². The molecule has 3 heterocycles. The minimum atomic E-state index is -0.0359. The molecule has 0 N–H and O–H groups in total. The predicted octanol–water partition coefficient (Wildman–Crippen LogP) is 4.59. The Bertz CT molecular complexity index is 1390. The third kappa shape index (κ3) is 3.92. The van der Waals surface area contributed by atoms with Crippen LogP contribution in [0.4, 0.5) is 0 Å². The van der Waals surface area contributed by atoms with Crippen LogP contribution < -0.4 is 5.56 Å². The van der Waals surface area contributed by atoms with E-state index >= 15 is 0 Å². The predicted molar refractivity (Wildman–Crippen MR) is 125 cm³/mol. The van der Waals surface area contributed by atoms with Crippen molar-refractivity contribution < 1.29 is 0 Å². The van der Waals surface area contributed by atoms with Gasteiger partial charge >= 0.3 is 0 Å². The summed E-state index contributed by atoms with van der Waals surface area (Å²) in [6.45, 7) is 0.674. The highest BCUT2D eigenvalue weighted by molar-refractivity contribution is 7.98. The van der Waals surface area contributed by atoms with Crippen LogP contribution in [0.5, 0.6) is 0 Å². The molecule has 31 heavy (non-hydrogen) atoms. The summed E-state index contributed by atoms with van der Waals surface area (Å²) in [4.78, 5) is 18.5. The van der Waals surface area contributed by atoms with E-state index in [0.29, 0.717) is 29.0 Å². The van der Waals surface area contributed by atoms with E-state index in [1.54, 1.807) is 34.7 Å². The van der Waals surface area contributed by atoms with Gasteiger partial charge < -0.3 is 0 Å². The van der Waals surface area contributed by atoms with Crippen LogP contribution in [0.25, 0.3) is 21.6 Å². The number of para-hydroxylation sites is 1. The molecule has 2 aromatic carbocycles. The van der Waals surface area contributed by atoms with Gasteiger partial charge in [0.15, 0.2) is 11.0 Å². The molecule has 3 aromatic heterocycles. The molecular weight excluding hydrogens is 426 g/mol. The maximum atomic E-state index is 12.7. The van der Waals surface area contributed by atoms with Gasteiger partial charge in [-0.05, 0) is 29.1 Å². The van der Waals surface area contributed by atoms with Gasteiger partial charge in [-0.1, -0.05) is 60.3 Å². The van der Waals surface area contributed by atoms with Crippen molar-refractivity contribution in [1.82, 2.24) is 24.3 Å². The molecule has 8 heteroatoms. The SMILES string of the molecule is Cn1c(CSc2nnc(-c3cccs3)n2Cc2ccccc2)nc2ccccc2c1=O.